The minimum atomic E-state index is -0.351. The first-order chi connectivity index (χ1) is 7.25. The van der Waals surface area contributed by atoms with Crippen LogP contribution in [0.4, 0.5) is 0 Å². The third kappa shape index (κ3) is 2.99. The molecule has 1 aromatic rings. The molecule has 1 nitrogen and oxygen atoms in total. The molecule has 1 saturated carbocycles. The average Bonchev–Trinajstić information content (AvgIpc) is 2.71. The van der Waals surface area contributed by atoms with Gasteiger partial charge in [-0.25, -0.2) is 0 Å². The average molecular weight is 222 g/mol. The molecule has 1 aliphatic rings. The zero-order valence-electron chi connectivity index (χ0n) is 9.15. The van der Waals surface area contributed by atoms with E-state index < -0.39 is 0 Å². The molecule has 82 valence electrons. The third-order valence-corrected chi connectivity index (χ3v) is 4.32. The SMILES string of the molecule is CC(O)c1ccc(SC2CCCC2)cc1. The largest absolute Gasteiger partial charge is 0.389 e. The predicted octanol–water partition coefficient (Wildman–Crippen LogP) is 3.77. The molecule has 0 spiro atoms. The van der Waals surface area contributed by atoms with Crippen LogP contribution in [0.1, 0.15) is 44.3 Å². The van der Waals surface area contributed by atoms with Crippen molar-refractivity contribution in [2.45, 2.75) is 48.9 Å². The van der Waals surface area contributed by atoms with Gasteiger partial charge in [-0.1, -0.05) is 25.0 Å². The normalized spacial score (nSPS) is 19.3. The summed E-state index contributed by atoms with van der Waals surface area (Å²) in [4.78, 5) is 1.34. The fourth-order valence-corrected chi connectivity index (χ4v) is 3.27. The zero-order chi connectivity index (χ0) is 10.7. The number of aliphatic hydroxyl groups is 1. The van der Waals surface area contributed by atoms with E-state index in [-0.39, 0.29) is 6.10 Å². The van der Waals surface area contributed by atoms with Crippen LogP contribution in [0.25, 0.3) is 0 Å². The quantitative estimate of drug-likeness (QED) is 0.840. The van der Waals surface area contributed by atoms with Crippen LogP contribution in [0.3, 0.4) is 0 Å². The van der Waals surface area contributed by atoms with Gasteiger partial charge in [0.05, 0.1) is 6.10 Å². The Hall–Kier alpha value is -0.470. The van der Waals surface area contributed by atoms with Crippen LogP contribution in [0.2, 0.25) is 0 Å². The van der Waals surface area contributed by atoms with E-state index in [2.05, 4.69) is 12.1 Å². The van der Waals surface area contributed by atoms with E-state index in [1.807, 2.05) is 23.9 Å². The fraction of sp³-hybridized carbons (Fsp3) is 0.538. The number of benzene rings is 1. The first kappa shape index (κ1) is 11.0. The summed E-state index contributed by atoms with van der Waals surface area (Å²) in [7, 11) is 0. The third-order valence-electron chi connectivity index (χ3n) is 2.97. The van der Waals surface area contributed by atoms with Gasteiger partial charge in [0.1, 0.15) is 0 Å². The summed E-state index contributed by atoms with van der Waals surface area (Å²) in [6, 6.07) is 8.32. The van der Waals surface area contributed by atoms with Crippen LogP contribution in [0.15, 0.2) is 29.2 Å². The van der Waals surface area contributed by atoms with Crippen molar-refractivity contribution in [3.05, 3.63) is 29.8 Å². The Balaban J connectivity index is 1.97. The number of rotatable bonds is 3. The van der Waals surface area contributed by atoms with E-state index in [0.29, 0.717) is 0 Å². The van der Waals surface area contributed by atoms with E-state index in [0.717, 1.165) is 10.8 Å². The summed E-state index contributed by atoms with van der Waals surface area (Å²) in [6.07, 6.45) is 5.16. The Labute approximate surface area is 95.9 Å². The fourth-order valence-electron chi connectivity index (χ4n) is 2.02. The minimum Gasteiger partial charge on any atom is -0.389 e. The molecule has 0 aromatic heterocycles. The Kier molecular flexibility index (Phi) is 3.71. The Morgan fingerprint density at radius 1 is 1.20 bits per heavy atom. The van der Waals surface area contributed by atoms with E-state index in [4.69, 9.17) is 0 Å². The molecule has 0 amide bonds. The van der Waals surface area contributed by atoms with Gasteiger partial charge in [0.2, 0.25) is 0 Å². The van der Waals surface area contributed by atoms with Gasteiger partial charge in [-0.3, -0.25) is 0 Å². The first-order valence-corrected chi connectivity index (χ1v) is 6.58. The molecule has 2 heteroatoms. The highest BCUT2D eigenvalue weighted by Gasteiger charge is 2.15. The van der Waals surface area contributed by atoms with Crippen molar-refractivity contribution in [1.82, 2.24) is 0 Å². The summed E-state index contributed by atoms with van der Waals surface area (Å²) in [5.74, 6) is 0. The van der Waals surface area contributed by atoms with Crippen LogP contribution in [0, 0.1) is 0 Å². The summed E-state index contributed by atoms with van der Waals surface area (Å²) in [5, 5.41) is 10.2. The highest BCUT2D eigenvalue weighted by molar-refractivity contribution is 8.00. The van der Waals surface area contributed by atoms with Gasteiger partial charge in [0, 0.05) is 10.1 Å². The summed E-state index contributed by atoms with van der Waals surface area (Å²) in [5.41, 5.74) is 1.01. The minimum absolute atomic E-state index is 0.351. The van der Waals surface area contributed by atoms with Crippen molar-refractivity contribution in [3.63, 3.8) is 0 Å². The molecule has 0 heterocycles. The van der Waals surface area contributed by atoms with Crippen molar-refractivity contribution >= 4 is 11.8 Å². The molecule has 1 unspecified atom stereocenters. The lowest BCUT2D eigenvalue weighted by atomic mass is 10.1. The molecule has 1 aliphatic carbocycles. The number of hydrogen-bond donors (Lipinski definition) is 1. The molecule has 0 bridgehead atoms. The van der Waals surface area contributed by atoms with E-state index in [1.165, 1.54) is 30.6 Å². The van der Waals surface area contributed by atoms with Crippen LogP contribution >= 0.6 is 11.8 Å². The van der Waals surface area contributed by atoms with Crippen molar-refractivity contribution in [2.75, 3.05) is 0 Å². The van der Waals surface area contributed by atoms with Crippen molar-refractivity contribution in [1.29, 1.82) is 0 Å². The second-order valence-corrected chi connectivity index (χ2v) is 5.64. The predicted molar refractivity (Wildman–Crippen MR) is 65.2 cm³/mol. The molecule has 0 radical (unpaired) electrons. The monoisotopic (exact) mass is 222 g/mol. The van der Waals surface area contributed by atoms with Gasteiger partial charge in [-0.2, -0.15) is 0 Å². The topological polar surface area (TPSA) is 20.2 Å². The van der Waals surface area contributed by atoms with Crippen LogP contribution in [-0.4, -0.2) is 10.4 Å². The molecule has 1 fully saturated rings. The highest BCUT2D eigenvalue weighted by atomic mass is 32.2. The number of hydrogen-bond acceptors (Lipinski definition) is 2. The molecular formula is C13H18OS. The number of aliphatic hydroxyl groups excluding tert-OH is 1. The smallest absolute Gasteiger partial charge is 0.0761 e. The molecule has 1 N–H and O–H groups in total. The first-order valence-electron chi connectivity index (χ1n) is 5.70. The maximum absolute atomic E-state index is 9.39. The lowest BCUT2D eigenvalue weighted by molar-refractivity contribution is 0.199. The standard InChI is InChI=1S/C13H18OS/c1-10(14)11-6-8-13(9-7-11)15-12-4-2-3-5-12/h6-10,12,14H,2-5H2,1H3. The molecule has 2 rings (SSSR count). The Morgan fingerprint density at radius 2 is 1.80 bits per heavy atom. The van der Waals surface area contributed by atoms with Gasteiger partial charge >= 0.3 is 0 Å². The summed E-state index contributed by atoms with van der Waals surface area (Å²) < 4.78 is 0. The summed E-state index contributed by atoms with van der Waals surface area (Å²) >= 11 is 1.99. The maximum atomic E-state index is 9.39. The van der Waals surface area contributed by atoms with Crippen molar-refractivity contribution in [2.24, 2.45) is 0 Å². The molecule has 1 aromatic carbocycles. The molecule has 1 atom stereocenters. The second kappa shape index (κ2) is 5.04. The second-order valence-electron chi connectivity index (χ2n) is 4.27. The lowest BCUT2D eigenvalue weighted by Gasteiger charge is -2.10. The van der Waals surface area contributed by atoms with Gasteiger partial charge in [0.15, 0.2) is 0 Å². The molecular weight excluding hydrogens is 204 g/mol. The van der Waals surface area contributed by atoms with Crippen LogP contribution < -0.4 is 0 Å². The Morgan fingerprint density at radius 3 is 2.33 bits per heavy atom. The van der Waals surface area contributed by atoms with Crippen LogP contribution in [0.5, 0.6) is 0 Å². The van der Waals surface area contributed by atoms with Crippen molar-refractivity contribution in [3.8, 4) is 0 Å². The molecule has 15 heavy (non-hydrogen) atoms. The zero-order valence-corrected chi connectivity index (χ0v) is 9.96. The maximum Gasteiger partial charge on any atom is 0.0761 e. The van der Waals surface area contributed by atoms with E-state index in [9.17, 15) is 5.11 Å². The van der Waals surface area contributed by atoms with Crippen LogP contribution in [-0.2, 0) is 0 Å². The van der Waals surface area contributed by atoms with Gasteiger partial charge in [0.25, 0.3) is 0 Å². The lowest BCUT2D eigenvalue weighted by Crippen LogP contribution is -1.94. The summed E-state index contributed by atoms with van der Waals surface area (Å²) in [6.45, 7) is 1.80. The van der Waals surface area contributed by atoms with E-state index in [1.54, 1.807) is 6.92 Å². The highest BCUT2D eigenvalue weighted by Crippen LogP contribution is 2.34. The van der Waals surface area contributed by atoms with Gasteiger partial charge in [-0.05, 0) is 37.5 Å². The molecule has 0 saturated heterocycles. The number of thioether (sulfide) groups is 1. The van der Waals surface area contributed by atoms with Gasteiger partial charge < -0.3 is 5.11 Å². The molecule has 0 aliphatic heterocycles. The van der Waals surface area contributed by atoms with Gasteiger partial charge in [-0.15, -0.1) is 11.8 Å². The Bertz CT molecular complexity index is 299. The van der Waals surface area contributed by atoms with E-state index >= 15 is 0 Å². The van der Waals surface area contributed by atoms with Crippen molar-refractivity contribution < 1.29 is 5.11 Å².